The quantitative estimate of drug-likeness (QED) is 0.657. The third-order valence-corrected chi connectivity index (χ3v) is 0.809. The average Bonchev–Trinajstić information content (AvgIpc) is 1.68. The van der Waals surface area contributed by atoms with Crippen LogP contribution in [0.1, 0.15) is 13.8 Å². The van der Waals surface area contributed by atoms with Crippen LogP contribution in [0.25, 0.3) is 5.32 Å². The second kappa shape index (κ2) is 7.13. The molecule has 0 aliphatic heterocycles. The minimum absolute atomic E-state index is 0. The summed E-state index contributed by atoms with van der Waals surface area (Å²) in [4.78, 5) is 9.84. The van der Waals surface area contributed by atoms with Gasteiger partial charge < -0.3 is 10.1 Å². The number of hydrogen-bond acceptors (Lipinski definition) is 1. The largest absolute Gasteiger partial charge is 0.683 e. The molecule has 0 saturated heterocycles. The topological polar surface area (TPSA) is 31.2 Å². The van der Waals surface area contributed by atoms with Crippen molar-refractivity contribution in [2.24, 2.45) is 0 Å². The Hall–Kier alpha value is 1.02. The summed E-state index contributed by atoms with van der Waals surface area (Å²) in [5.41, 5.74) is -0.597. The van der Waals surface area contributed by atoms with Gasteiger partial charge in [0, 0.05) is 42.5 Å². The van der Waals surface area contributed by atoms with Crippen molar-refractivity contribution in [3.63, 3.8) is 0 Å². The van der Waals surface area contributed by atoms with Gasteiger partial charge in [-0.25, -0.2) is 5.54 Å². The van der Waals surface area contributed by atoms with Gasteiger partial charge in [0.05, 0.1) is 0 Å². The van der Waals surface area contributed by atoms with Gasteiger partial charge in [0.25, 0.3) is 0 Å². The Labute approximate surface area is 85.0 Å². The summed E-state index contributed by atoms with van der Waals surface area (Å²) in [6, 6.07) is 0. The Kier molecular flexibility index (Phi) is 13.1. The van der Waals surface area contributed by atoms with Crippen molar-refractivity contribution >= 4 is 6.29 Å². The minimum atomic E-state index is -0.597. The molecule has 0 spiro atoms. The molecular formula is C5H9NOTaTc-2. The van der Waals surface area contributed by atoms with E-state index in [1.54, 1.807) is 27.2 Å². The number of likely N-dealkylation sites (N-methyl/N-ethyl adjacent to an activating group) is 1. The molecule has 0 unspecified atom stereocenters. The van der Waals surface area contributed by atoms with Crippen molar-refractivity contribution in [3.8, 4) is 0 Å². The minimum Gasteiger partial charge on any atom is -0.683 e. The maximum Gasteiger partial charge on any atom is 0 e. The molecule has 2 radical (unpaired) electrons. The molecule has 0 saturated carbocycles. The first-order chi connectivity index (χ1) is 3.12. The molecule has 0 aromatic heterocycles. The van der Waals surface area contributed by atoms with E-state index in [9.17, 15) is 4.79 Å². The van der Waals surface area contributed by atoms with Crippen molar-refractivity contribution in [3.05, 3.63) is 5.32 Å². The Balaban J connectivity index is -0.000000180. The van der Waals surface area contributed by atoms with Crippen LogP contribution >= 0.6 is 0 Å². The van der Waals surface area contributed by atoms with Gasteiger partial charge in [0.1, 0.15) is 0 Å². The van der Waals surface area contributed by atoms with Crippen LogP contribution in [-0.2, 0) is 47.3 Å². The van der Waals surface area contributed by atoms with Crippen molar-refractivity contribution < 1.29 is 47.3 Å². The van der Waals surface area contributed by atoms with Crippen LogP contribution in [0.4, 0.5) is 0 Å². The fourth-order valence-electron chi connectivity index (χ4n) is 0.0456. The third-order valence-electron chi connectivity index (χ3n) is 0.809. The van der Waals surface area contributed by atoms with Gasteiger partial charge in [-0.15, -0.1) is 13.8 Å². The van der Waals surface area contributed by atoms with Crippen LogP contribution in [0.5, 0.6) is 0 Å². The molecule has 0 atom stereocenters. The second-order valence-electron chi connectivity index (χ2n) is 1.88. The van der Waals surface area contributed by atoms with E-state index in [1.165, 1.54) is 0 Å². The molecule has 0 aromatic rings. The van der Waals surface area contributed by atoms with Gasteiger partial charge in [0.15, 0.2) is 0 Å². The van der Waals surface area contributed by atoms with Crippen molar-refractivity contribution in [1.29, 1.82) is 0 Å². The van der Waals surface area contributed by atoms with Gasteiger partial charge in [-0.2, -0.15) is 7.05 Å². The fraction of sp³-hybridized carbons (Fsp3) is 0.800. The van der Waals surface area contributed by atoms with Crippen LogP contribution in [0, 0.1) is 0 Å². The second-order valence-corrected chi connectivity index (χ2v) is 1.88. The zero-order valence-corrected chi connectivity index (χ0v) is 10.8. The zero-order valence-electron chi connectivity index (χ0n) is 5.68. The first-order valence-electron chi connectivity index (χ1n) is 2.12. The maximum absolute atomic E-state index is 9.84. The van der Waals surface area contributed by atoms with Crippen LogP contribution in [0.15, 0.2) is 0 Å². The summed E-state index contributed by atoms with van der Waals surface area (Å²) < 4.78 is 0. The Morgan fingerprint density at radius 2 is 1.78 bits per heavy atom. The molecule has 0 aliphatic rings. The monoisotopic (exact) mass is 377 g/mol. The summed E-state index contributed by atoms with van der Waals surface area (Å²) in [6.07, 6.45) is 1.77. The molecule has 0 rings (SSSR count). The van der Waals surface area contributed by atoms with Crippen molar-refractivity contribution in [2.45, 2.75) is 19.4 Å². The summed E-state index contributed by atoms with van der Waals surface area (Å²) >= 11 is 0. The predicted octanol–water partition coefficient (Wildman–Crippen LogP) is 0.873. The predicted molar refractivity (Wildman–Crippen MR) is 29.1 cm³/mol. The van der Waals surface area contributed by atoms with E-state index in [2.05, 4.69) is 5.32 Å². The van der Waals surface area contributed by atoms with Gasteiger partial charge in [-0.1, -0.05) is 0 Å². The molecule has 2 nitrogen and oxygen atoms in total. The summed E-state index contributed by atoms with van der Waals surface area (Å²) in [5, 5.41) is 3.72. The van der Waals surface area contributed by atoms with E-state index < -0.39 is 5.54 Å². The molecule has 0 heterocycles. The molecule has 0 aromatic carbocycles. The number of rotatable bonds is 2. The normalized spacial score (nSPS) is 8.78. The first kappa shape index (κ1) is 16.5. The maximum atomic E-state index is 9.84. The number of carbonyl (C=O) groups excluding carboxylic acids is 1. The van der Waals surface area contributed by atoms with Gasteiger partial charge in [-0.05, 0) is 0 Å². The van der Waals surface area contributed by atoms with E-state index in [-0.39, 0.29) is 42.5 Å². The molecule has 0 aliphatic carbocycles. The zero-order chi connectivity index (χ0) is 5.91. The van der Waals surface area contributed by atoms with Crippen molar-refractivity contribution in [2.75, 3.05) is 7.05 Å². The molecule has 0 bridgehead atoms. The smallest absolute Gasteiger partial charge is 0 e. The molecule has 54 valence electrons. The summed E-state index contributed by atoms with van der Waals surface area (Å²) in [6.45, 7) is 3.42. The van der Waals surface area contributed by atoms with Crippen molar-refractivity contribution in [1.82, 2.24) is 0 Å². The molecule has 0 amide bonds. The fourth-order valence-corrected chi connectivity index (χ4v) is 0.0456. The van der Waals surface area contributed by atoms with Crippen LogP contribution < -0.4 is 0 Å². The van der Waals surface area contributed by atoms with E-state index in [4.69, 9.17) is 0 Å². The molecule has 0 fully saturated rings. The first-order valence-corrected chi connectivity index (χ1v) is 2.12. The Morgan fingerprint density at radius 3 is 1.78 bits per heavy atom. The van der Waals surface area contributed by atoms with E-state index >= 15 is 0 Å². The number of nitrogens with zero attached hydrogens (tertiary/aromatic N) is 1. The van der Waals surface area contributed by atoms with Gasteiger partial charge >= 0.3 is 0 Å². The van der Waals surface area contributed by atoms with E-state index in [0.717, 1.165) is 0 Å². The van der Waals surface area contributed by atoms with Crippen LogP contribution in [0.3, 0.4) is 0 Å². The SMILES string of the molecule is C[N-]C(C)(C)[C-]=O.[Ta].[Tc]. The molecule has 9 heavy (non-hydrogen) atoms. The summed E-state index contributed by atoms with van der Waals surface area (Å²) in [7, 11) is 1.60. The van der Waals surface area contributed by atoms with Crippen LogP contribution in [0.2, 0.25) is 0 Å². The number of hydrogen-bond donors (Lipinski definition) is 0. The standard InChI is InChI=1S/C5H9NO.Ta.Tc/c1-5(2,4-7)6-3;;/h1-3H3;;/q-2;;. The van der Waals surface area contributed by atoms with Gasteiger partial charge in [-0.3, -0.25) is 6.29 Å². The molecule has 0 N–H and O–H groups in total. The molecular weight excluding hydrogens is 369 g/mol. The van der Waals surface area contributed by atoms with E-state index in [0.29, 0.717) is 0 Å². The van der Waals surface area contributed by atoms with Gasteiger partial charge in [0.2, 0.25) is 0 Å². The third kappa shape index (κ3) is 9.02. The Bertz CT molecular complexity index is 77.4. The van der Waals surface area contributed by atoms with E-state index in [1.807, 2.05) is 0 Å². The Morgan fingerprint density at radius 1 is 1.44 bits per heavy atom. The molecule has 4 heteroatoms. The van der Waals surface area contributed by atoms with Crippen LogP contribution in [-0.4, -0.2) is 18.9 Å². The summed E-state index contributed by atoms with van der Waals surface area (Å²) in [5.74, 6) is 0. The average molecular weight is 378 g/mol.